The molecule has 0 spiro atoms. The number of hydrazine groups is 1. The summed E-state index contributed by atoms with van der Waals surface area (Å²) in [4.78, 5) is 20.8. The van der Waals surface area contributed by atoms with Crippen LogP contribution in [0.3, 0.4) is 0 Å². The zero-order chi connectivity index (χ0) is 16.2. The molecule has 0 aromatic carbocycles. The van der Waals surface area contributed by atoms with Crippen LogP contribution in [0.5, 0.6) is 0 Å². The van der Waals surface area contributed by atoms with Crippen molar-refractivity contribution in [3.63, 3.8) is 0 Å². The summed E-state index contributed by atoms with van der Waals surface area (Å²) >= 11 is 0. The molecule has 7 nitrogen and oxygen atoms in total. The van der Waals surface area contributed by atoms with Crippen LogP contribution < -0.4 is 21.9 Å². The number of aromatic nitrogens is 2. The Labute approximate surface area is 126 Å². The molecular formula is C14H26N6O. The Morgan fingerprint density at radius 1 is 1.19 bits per heavy atom. The maximum Gasteiger partial charge on any atom is 0.242 e. The number of anilines is 2. The van der Waals surface area contributed by atoms with Crippen molar-refractivity contribution in [2.75, 3.05) is 10.7 Å². The number of nitrogen functional groups attached to an aromatic ring is 1. The largest absolute Gasteiger partial charge is 0.358 e. The molecule has 1 amide bonds. The molecule has 1 unspecified atom stereocenters. The lowest BCUT2D eigenvalue weighted by Gasteiger charge is -2.24. The number of nitrogens with one attached hydrogen (secondary N) is 3. The van der Waals surface area contributed by atoms with Gasteiger partial charge < -0.3 is 16.1 Å². The van der Waals surface area contributed by atoms with E-state index in [-0.39, 0.29) is 17.4 Å². The first kappa shape index (κ1) is 17.2. The summed E-state index contributed by atoms with van der Waals surface area (Å²) in [6.45, 7) is 11.6. The van der Waals surface area contributed by atoms with Gasteiger partial charge in [-0.2, -0.15) is 0 Å². The van der Waals surface area contributed by atoms with E-state index in [1.807, 2.05) is 34.6 Å². The molecule has 1 rings (SSSR count). The molecule has 1 aromatic rings. The Balaban J connectivity index is 2.86. The van der Waals surface area contributed by atoms with E-state index in [0.29, 0.717) is 17.5 Å². The molecule has 0 saturated heterocycles. The first-order valence-electron chi connectivity index (χ1n) is 7.06. The van der Waals surface area contributed by atoms with E-state index < -0.39 is 6.04 Å². The molecule has 5 N–H and O–H groups in total. The van der Waals surface area contributed by atoms with E-state index in [0.717, 1.165) is 0 Å². The molecule has 0 aliphatic heterocycles. The van der Waals surface area contributed by atoms with Gasteiger partial charge in [0.15, 0.2) is 0 Å². The van der Waals surface area contributed by atoms with Gasteiger partial charge in [-0.15, -0.1) is 0 Å². The lowest BCUT2D eigenvalue weighted by Crippen LogP contribution is -2.47. The Morgan fingerprint density at radius 2 is 1.76 bits per heavy atom. The molecule has 0 saturated carbocycles. The number of hydrogen-bond donors (Lipinski definition) is 4. The van der Waals surface area contributed by atoms with Crippen LogP contribution in [-0.4, -0.2) is 27.5 Å². The van der Waals surface area contributed by atoms with E-state index in [2.05, 4.69) is 26.0 Å². The quantitative estimate of drug-likeness (QED) is 0.485. The maximum absolute atomic E-state index is 12.1. The molecule has 1 atom stereocenters. The Kier molecular flexibility index (Phi) is 5.48. The highest BCUT2D eigenvalue weighted by Gasteiger charge is 2.20. The predicted molar refractivity (Wildman–Crippen MR) is 84.9 cm³/mol. The van der Waals surface area contributed by atoms with Crippen molar-refractivity contribution in [1.29, 1.82) is 0 Å². The normalized spacial score (nSPS) is 13.0. The third-order valence-corrected chi connectivity index (χ3v) is 2.66. The summed E-state index contributed by atoms with van der Waals surface area (Å²) in [6.07, 6.45) is 0. The van der Waals surface area contributed by atoms with Gasteiger partial charge in [0.1, 0.15) is 23.5 Å². The first-order chi connectivity index (χ1) is 9.62. The van der Waals surface area contributed by atoms with Crippen LogP contribution in [0.1, 0.15) is 53.3 Å². The SMILES string of the molecule is CC(Nc1cc(NN)nc(C(C)C)n1)C(=O)NC(C)(C)C. The van der Waals surface area contributed by atoms with Crippen LogP contribution >= 0.6 is 0 Å². The van der Waals surface area contributed by atoms with Crippen molar-refractivity contribution >= 4 is 17.5 Å². The van der Waals surface area contributed by atoms with Crippen LogP contribution in [0.25, 0.3) is 0 Å². The number of hydrogen-bond acceptors (Lipinski definition) is 6. The van der Waals surface area contributed by atoms with E-state index >= 15 is 0 Å². The molecule has 0 aliphatic carbocycles. The molecule has 1 heterocycles. The van der Waals surface area contributed by atoms with Crippen LogP contribution in [0.2, 0.25) is 0 Å². The van der Waals surface area contributed by atoms with Gasteiger partial charge >= 0.3 is 0 Å². The van der Waals surface area contributed by atoms with Crippen LogP contribution in [0.15, 0.2) is 6.07 Å². The fraction of sp³-hybridized carbons (Fsp3) is 0.643. The molecule has 1 aromatic heterocycles. The Bertz CT molecular complexity index is 495. The monoisotopic (exact) mass is 294 g/mol. The predicted octanol–water partition coefficient (Wildman–Crippen LogP) is 1.60. The lowest BCUT2D eigenvalue weighted by molar-refractivity contribution is -0.122. The second-order valence-corrected chi connectivity index (χ2v) is 6.40. The van der Waals surface area contributed by atoms with Crippen LogP contribution in [0, 0.1) is 0 Å². The smallest absolute Gasteiger partial charge is 0.242 e. The zero-order valence-electron chi connectivity index (χ0n) is 13.6. The van der Waals surface area contributed by atoms with Crippen LogP contribution in [0.4, 0.5) is 11.6 Å². The van der Waals surface area contributed by atoms with Gasteiger partial charge in [0, 0.05) is 17.5 Å². The second kappa shape index (κ2) is 6.71. The highest BCUT2D eigenvalue weighted by molar-refractivity contribution is 5.84. The summed E-state index contributed by atoms with van der Waals surface area (Å²) < 4.78 is 0. The van der Waals surface area contributed by atoms with Crippen molar-refractivity contribution in [3.8, 4) is 0 Å². The molecule has 0 bridgehead atoms. The number of carbonyl (C=O) groups excluding carboxylic acids is 1. The first-order valence-corrected chi connectivity index (χ1v) is 7.06. The van der Waals surface area contributed by atoms with Gasteiger partial charge in [0.05, 0.1) is 0 Å². The number of nitrogens with zero attached hydrogens (tertiary/aromatic N) is 2. The van der Waals surface area contributed by atoms with Crippen molar-refractivity contribution in [3.05, 3.63) is 11.9 Å². The second-order valence-electron chi connectivity index (χ2n) is 6.40. The topological polar surface area (TPSA) is 105 Å². The fourth-order valence-corrected chi connectivity index (χ4v) is 1.64. The van der Waals surface area contributed by atoms with E-state index in [4.69, 9.17) is 5.84 Å². The minimum Gasteiger partial charge on any atom is -0.358 e. The average Bonchev–Trinajstić information content (AvgIpc) is 2.36. The molecule has 21 heavy (non-hydrogen) atoms. The van der Waals surface area contributed by atoms with Crippen molar-refractivity contribution in [2.24, 2.45) is 5.84 Å². The van der Waals surface area contributed by atoms with E-state index in [1.165, 1.54) is 0 Å². The molecule has 0 fully saturated rings. The third-order valence-electron chi connectivity index (χ3n) is 2.66. The Hall–Kier alpha value is -1.89. The third kappa shape index (κ3) is 5.55. The average molecular weight is 294 g/mol. The summed E-state index contributed by atoms with van der Waals surface area (Å²) in [5.74, 6) is 7.23. The van der Waals surface area contributed by atoms with Gasteiger partial charge in [-0.05, 0) is 27.7 Å². The van der Waals surface area contributed by atoms with Gasteiger partial charge in [-0.25, -0.2) is 15.8 Å². The number of nitrogens with two attached hydrogens (primary N) is 1. The molecule has 7 heteroatoms. The highest BCUT2D eigenvalue weighted by Crippen LogP contribution is 2.17. The summed E-state index contributed by atoms with van der Waals surface area (Å²) in [6, 6.07) is 1.26. The molecule has 0 aliphatic rings. The van der Waals surface area contributed by atoms with E-state index in [1.54, 1.807) is 13.0 Å². The molecule has 118 valence electrons. The lowest BCUT2D eigenvalue weighted by atomic mass is 10.1. The summed E-state index contributed by atoms with van der Waals surface area (Å²) in [5.41, 5.74) is 2.24. The number of rotatable bonds is 5. The standard InChI is InChI=1S/C14H26N6O/c1-8(2)12-17-10(7-11(18-12)20-15)16-9(3)13(21)19-14(4,5)6/h7-9H,15H2,1-6H3,(H,19,21)(H2,16,17,18,20). The van der Waals surface area contributed by atoms with Crippen molar-refractivity contribution in [1.82, 2.24) is 15.3 Å². The van der Waals surface area contributed by atoms with Gasteiger partial charge in [0.25, 0.3) is 0 Å². The van der Waals surface area contributed by atoms with Crippen LogP contribution in [-0.2, 0) is 4.79 Å². The zero-order valence-corrected chi connectivity index (χ0v) is 13.6. The summed E-state index contributed by atoms with van der Waals surface area (Å²) in [7, 11) is 0. The minimum atomic E-state index is -0.412. The van der Waals surface area contributed by atoms with Crippen molar-refractivity contribution < 1.29 is 4.79 Å². The minimum absolute atomic E-state index is 0.0885. The van der Waals surface area contributed by atoms with E-state index in [9.17, 15) is 4.79 Å². The summed E-state index contributed by atoms with van der Waals surface area (Å²) in [5, 5.41) is 6.00. The molecule has 0 radical (unpaired) electrons. The fourth-order valence-electron chi connectivity index (χ4n) is 1.64. The van der Waals surface area contributed by atoms with Crippen molar-refractivity contribution in [2.45, 2.75) is 59.0 Å². The number of carbonyl (C=O) groups is 1. The number of amides is 1. The van der Waals surface area contributed by atoms with Gasteiger partial charge in [-0.3, -0.25) is 4.79 Å². The molecular weight excluding hydrogens is 268 g/mol. The highest BCUT2D eigenvalue weighted by atomic mass is 16.2. The Morgan fingerprint density at radius 3 is 2.24 bits per heavy atom. The van der Waals surface area contributed by atoms with Gasteiger partial charge in [0.2, 0.25) is 5.91 Å². The van der Waals surface area contributed by atoms with Gasteiger partial charge in [-0.1, -0.05) is 13.8 Å². The maximum atomic E-state index is 12.1.